The average Bonchev–Trinajstić information content (AvgIpc) is 3.57. The van der Waals surface area contributed by atoms with E-state index < -0.39 is 66.9 Å². The minimum atomic E-state index is -4.80. The molecule has 0 saturated carbocycles. The molecule has 1 saturated heterocycles. The van der Waals surface area contributed by atoms with E-state index in [-0.39, 0.29) is 38.5 Å². The van der Waals surface area contributed by atoms with Crippen molar-refractivity contribution in [2.45, 2.75) is 50.2 Å². The first-order valence-electron chi connectivity index (χ1n) is 12.3. The minimum Gasteiger partial charge on any atom is -0.394 e. The predicted octanol–water partition coefficient (Wildman–Crippen LogP) is 3.19. The van der Waals surface area contributed by atoms with Crippen molar-refractivity contribution in [3.63, 3.8) is 0 Å². The summed E-state index contributed by atoms with van der Waals surface area (Å²) in [7, 11) is 0. The van der Waals surface area contributed by atoms with Crippen LogP contribution in [0.15, 0.2) is 36.5 Å². The maximum atomic E-state index is 14.3. The number of aliphatic hydroxyl groups is 4. The van der Waals surface area contributed by atoms with Crippen LogP contribution in [0.2, 0.25) is 10.0 Å². The summed E-state index contributed by atoms with van der Waals surface area (Å²) in [6.07, 6.45) is -9.71. The molecule has 1 aliphatic rings. The van der Waals surface area contributed by atoms with Crippen LogP contribution < -0.4 is 0 Å². The second-order valence-electron chi connectivity index (χ2n) is 9.51. The van der Waals surface area contributed by atoms with Crippen LogP contribution in [0.5, 0.6) is 0 Å². The number of ether oxygens (including phenoxy) is 1. The van der Waals surface area contributed by atoms with Crippen molar-refractivity contribution in [2.75, 3.05) is 6.61 Å². The number of aromatic nitrogens is 6. The summed E-state index contributed by atoms with van der Waals surface area (Å²) >= 11 is 11.9. The molecule has 2 aromatic carbocycles. The molecule has 4 N–H and O–H groups in total. The standard InChI is InChI=1S/C25H22Cl2F4N6O5/c1-10-32-24(37(34-10)17-6-13(26)2-3-14(17)25(29,30)31)23-22(41)20(21(40)18(9-39)42-23)36-7-16(33-35-36)11-4-12(8-38)19(27)15(28)5-11/h2-7,18,20-23,38-41H,8-9H2,1H3/t18-,20+,21+,22-,23-/m1/s1. The third-order valence-electron chi connectivity index (χ3n) is 6.76. The lowest BCUT2D eigenvalue weighted by Gasteiger charge is -2.41. The van der Waals surface area contributed by atoms with Gasteiger partial charge in [-0.15, -0.1) is 5.10 Å². The van der Waals surface area contributed by atoms with Crippen molar-refractivity contribution >= 4 is 23.2 Å². The Morgan fingerprint density at radius 3 is 2.48 bits per heavy atom. The van der Waals surface area contributed by atoms with Crippen LogP contribution in [0.25, 0.3) is 16.9 Å². The Kier molecular flexibility index (Phi) is 8.28. The smallest absolute Gasteiger partial charge is 0.394 e. The fourth-order valence-electron chi connectivity index (χ4n) is 4.80. The molecular weight excluding hydrogens is 611 g/mol. The van der Waals surface area contributed by atoms with Crippen LogP contribution in [0.3, 0.4) is 0 Å². The number of halogens is 6. The Labute approximate surface area is 244 Å². The van der Waals surface area contributed by atoms with Crippen LogP contribution >= 0.6 is 23.2 Å². The number of rotatable bonds is 6. The predicted molar refractivity (Wildman–Crippen MR) is 138 cm³/mol. The number of nitrogens with zero attached hydrogens (tertiary/aromatic N) is 6. The first kappa shape index (κ1) is 30.3. The summed E-state index contributed by atoms with van der Waals surface area (Å²) in [4.78, 5) is 4.20. The summed E-state index contributed by atoms with van der Waals surface area (Å²) in [5.41, 5.74) is -1.23. The molecule has 224 valence electrons. The summed E-state index contributed by atoms with van der Waals surface area (Å²) in [6, 6.07) is 3.94. The first-order valence-corrected chi connectivity index (χ1v) is 13.0. The van der Waals surface area contributed by atoms with Gasteiger partial charge in [0.25, 0.3) is 0 Å². The highest BCUT2D eigenvalue weighted by molar-refractivity contribution is 6.31. The molecule has 3 heterocycles. The molecule has 2 aromatic heterocycles. The summed E-state index contributed by atoms with van der Waals surface area (Å²) < 4.78 is 63.6. The van der Waals surface area contributed by atoms with Crippen molar-refractivity contribution in [1.29, 1.82) is 0 Å². The summed E-state index contributed by atoms with van der Waals surface area (Å²) in [6.45, 7) is 0.110. The van der Waals surface area contributed by atoms with E-state index in [0.717, 1.165) is 33.6 Å². The van der Waals surface area contributed by atoms with E-state index in [9.17, 15) is 38.0 Å². The maximum absolute atomic E-state index is 14.3. The second kappa shape index (κ2) is 11.5. The van der Waals surface area contributed by atoms with Gasteiger partial charge in [0, 0.05) is 10.6 Å². The van der Waals surface area contributed by atoms with Gasteiger partial charge in [0.2, 0.25) is 0 Å². The summed E-state index contributed by atoms with van der Waals surface area (Å²) in [5.74, 6) is -1.06. The van der Waals surface area contributed by atoms with Crippen LogP contribution in [0.1, 0.15) is 34.9 Å². The molecule has 0 unspecified atom stereocenters. The lowest BCUT2D eigenvalue weighted by Crippen LogP contribution is -2.53. The molecule has 42 heavy (non-hydrogen) atoms. The van der Waals surface area contributed by atoms with Crippen molar-refractivity contribution < 1.29 is 42.7 Å². The molecule has 0 radical (unpaired) electrons. The number of hydrogen-bond donors (Lipinski definition) is 4. The second-order valence-corrected chi connectivity index (χ2v) is 10.3. The van der Waals surface area contributed by atoms with E-state index in [1.54, 1.807) is 0 Å². The van der Waals surface area contributed by atoms with Crippen molar-refractivity contribution in [2.24, 2.45) is 0 Å². The average molecular weight is 633 g/mol. The maximum Gasteiger partial charge on any atom is 0.418 e. The first-order chi connectivity index (χ1) is 19.8. The van der Waals surface area contributed by atoms with Gasteiger partial charge in [0.15, 0.2) is 5.82 Å². The number of alkyl halides is 3. The normalized spacial score (nSPS) is 23.0. The Morgan fingerprint density at radius 1 is 1.07 bits per heavy atom. The molecule has 5 atom stereocenters. The lowest BCUT2D eigenvalue weighted by molar-refractivity contribution is -0.210. The molecule has 11 nitrogen and oxygen atoms in total. The topological polar surface area (TPSA) is 152 Å². The minimum absolute atomic E-state index is 0.0260. The van der Waals surface area contributed by atoms with Gasteiger partial charge in [0.1, 0.15) is 47.8 Å². The zero-order valence-electron chi connectivity index (χ0n) is 21.4. The summed E-state index contributed by atoms with van der Waals surface area (Å²) in [5, 5.41) is 53.6. The van der Waals surface area contributed by atoms with Gasteiger partial charge in [-0.2, -0.15) is 18.3 Å². The Balaban J connectivity index is 1.58. The van der Waals surface area contributed by atoms with Crippen LogP contribution in [0.4, 0.5) is 17.6 Å². The van der Waals surface area contributed by atoms with Gasteiger partial charge in [0.05, 0.1) is 35.7 Å². The highest BCUT2D eigenvalue weighted by Gasteiger charge is 2.49. The van der Waals surface area contributed by atoms with E-state index >= 15 is 0 Å². The van der Waals surface area contributed by atoms with Crippen molar-refractivity contribution in [3.05, 3.63) is 75.2 Å². The molecule has 0 aliphatic carbocycles. The molecule has 1 aliphatic heterocycles. The number of hydrogen-bond acceptors (Lipinski definition) is 9. The molecule has 4 aromatic rings. The van der Waals surface area contributed by atoms with Gasteiger partial charge in [-0.05, 0) is 42.8 Å². The molecular formula is C25H22Cl2F4N6O5. The van der Waals surface area contributed by atoms with Crippen molar-refractivity contribution in [3.8, 4) is 16.9 Å². The largest absolute Gasteiger partial charge is 0.418 e. The van der Waals surface area contributed by atoms with Crippen LogP contribution in [-0.2, 0) is 17.5 Å². The number of aliphatic hydroxyl groups excluding tert-OH is 4. The van der Waals surface area contributed by atoms with Gasteiger partial charge in [-0.25, -0.2) is 18.7 Å². The fraction of sp³-hybridized carbons (Fsp3) is 0.360. The van der Waals surface area contributed by atoms with E-state index in [4.69, 9.17) is 27.9 Å². The van der Waals surface area contributed by atoms with Gasteiger partial charge < -0.3 is 25.2 Å². The Bertz CT molecular complexity index is 1620. The van der Waals surface area contributed by atoms with Crippen molar-refractivity contribution in [1.82, 2.24) is 29.8 Å². The molecule has 5 rings (SSSR count). The monoisotopic (exact) mass is 632 g/mol. The van der Waals surface area contributed by atoms with Gasteiger partial charge >= 0.3 is 6.18 Å². The molecule has 0 bridgehead atoms. The van der Waals surface area contributed by atoms with E-state index in [1.807, 2.05) is 0 Å². The fourth-order valence-corrected chi connectivity index (χ4v) is 5.14. The SMILES string of the molecule is Cc1nc([C@@H]2O[C@H](CO)[C@H](O)[C@H](n3cc(-c4cc(F)c(Cl)c(CO)c4)nn3)[C@H]2O)n(-c2cc(Cl)ccc2C(F)(F)F)n1. The third-order valence-corrected chi connectivity index (χ3v) is 7.42. The molecule has 1 fully saturated rings. The zero-order chi connectivity index (χ0) is 30.5. The van der Waals surface area contributed by atoms with E-state index in [0.29, 0.717) is 0 Å². The Morgan fingerprint density at radius 2 is 1.81 bits per heavy atom. The van der Waals surface area contributed by atoms with E-state index in [1.165, 1.54) is 19.2 Å². The lowest BCUT2D eigenvalue weighted by atomic mass is 9.92. The highest BCUT2D eigenvalue weighted by Crippen LogP contribution is 2.41. The molecule has 0 spiro atoms. The number of aryl methyl sites for hydroxylation is 1. The zero-order valence-corrected chi connectivity index (χ0v) is 22.9. The third kappa shape index (κ3) is 5.48. The number of benzene rings is 2. The van der Waals surface area contributed by atoms with Gasteiger partial charge in [-0.1, -0.05) is 28.4 Å². The van der Waals surface area contributed by atoms with Crippen LogP contribution in [-0.4, -0.2) is 75.1 Å². The quantitative estimate of drug-likeness (QED) is 0.235. The van der Waals surface area contributed by atoms with Crippen LogP contribution in [0, 0.1) is 12.7 Å². The van der Waals surface area contributed by atoms with Gasteiger partial charge in [-0.3, -0.25) is 0 Å². The molecule has 0 amide bonds. The molecule has 17 heteroatoms. The van der Waals surface area contributed by atoms with E-state index in [2.05, 4.69) is 20.4 Å². The Hall–Kier alpha value is -3.18. The highest BCUT2D eigenvalue weighted by atomic mass is 35.5.